The monoisotopic (exact) mass is 671 g/mol. The summed E-state index contributed by atoms with van der Waals surface area (Å²) in [5.74, 6) is -1.98. The first kappa shape index (κ1) is 36.3. The first-order valence-electron chi connectivity index (χ1n) is 16.0. The number of amides is 3. The van der Waals surface area contributed by atoms with Crippen LogP contribution in [0.5, 0.6) is 5.75 Å². The van der Waals surface area contributed by atoms with Gasteiger partial charge in [0.05, 0.1) is 18.8 Å². The highest BCUT2D eigenvalue weighted by molar-refractivity contribution is 5.93. The number of alkyl carbamates (subject to hydrolysis) is 1. The Morgan fingerprint density at radius 2 is 1.67 bits per heavy atom. The minimum Gasteiger partial charge on any atom is -0.496 e. The number of carbonyl (C=O) groups is 4. The number of carboxylic acids is 1. The second-order valence-electron chi connectivity index (χ2n) is 13.1. The van der Waals surface area contributed by atoms with E-state index < -0.39 is 47.7 Å². The van der Waals surface area contributed by atoms with E-state index in [0.29, 0.717) is 11.1 Å². The first-order chi connectivity index (χ1) is 23.1. The molecule has 260 valence electrons. The van der Waals surface area contributed by atoms with E-state index >= 15 is 0 Å². The minimum absolute atomic E-state index is 0.00980. The SMILES string of the molecule is COc1ccc(CN(C(=O)C(Cc2c(C)cc(C(N)=O)cc2C)NC(=O)OC(C)(C)C)C(C)C2NC=C(c3ccccc3)N2)cc1C(=O)O. The molecule has 0 radical (unpaired) electrons. The van der Waals surface area contributed by atoms with Gasteiger partial charge in [-0.25, -0.2) is 9.59 Å². The smallest absolute Gasteiger partial charge is 0.408 e. The molecule has 0 spiro atoms. The van der Waals surface area contributed by atoms with E-state index in [1.807, 2.05) is 57.3 Å². The number of benzene rings is 3. The maximum Gasteiger partial charge on any atom is 0.408 e. The second kappa shape index (κ2) is 15.1. The van der Waals surface area contributed by atoms with Crippen molar-refractivity contribution in [1.29, 1.82) is 0 Å². The van der Waals surface area contributed by atoms with Crippen LogP contribution in [-0.2, 0) is 22.5 Å². The summed E-state index contributed by atoms with van der Waals surface area (Å²) >= 11 is 0. The maximum atomic E-state index is 14.8. The molecule has 12 heteroatoms. The van der Waals surface area contributed by atoms with Crippen LogP contribution < -0.4 is 26.4 Å². The van der Waals surface area contributed by atoms with E-state index in [0.717, 1.165) is 28.0 Å². The predicted octanol–water partition coefficient (Wildman–Crippen LogP) is 4.48. The normalized spacial score (nSPS) is 15.2. The number of ether oxygens (including phenoxy) is 2. The molecule has 4 rings (SSSR count). The van der Waals surface area contributed by atoms with Crippen molar-refractivity contribution in [3.05, 3.63) is 106 Å². The first-order valence-corrected chi connectivity index (χ1v) is 16.0. The summed E-state index contributed by atoms with van der Waals surface area (Å²) in [5.41, 5.74) is 9.57. The van der Waals surface area contributed by atoms with Crippen molar-refractivity contribution in [1.82, 2.24) is 20.9 Å². The van der Waals surface area contributed by atoms with Crippen molar-refractivity contribution in [2.45, 2.75) is 78.4 Å². The summed E-state index contributed by atoms with van der Waals surface area (Å²) in [6.07, 6.45) is 0.723. The number of hydrogen-bond donors (Lipinski definition) is 5. The summed E-state index contributed by atoms with van der Waals surface area (Å²) in [5, 5.41) is 19.4. The number of hydrogen-bond acceptors (Lipinski definition) is 8. The highest BCUT2D eigenvalue weighted by atomic mass is 16.6. The van der Waals surface area contributed by atoms with Crippen LogP contribution in [0, 0.1) is 13.8 Å². The van der Waals surface area contributed by atoms with Crippen molar-refractivity contribution < 1.29 is 33.8 Å². The summed E-state index contributed by atoms with van der Waals surface area (Å²) < 4.78 is 10.8. The van der Waals surface area contributed by atoms with Crippen molar-refractivity contribution in [2.75, 3.05) is 7.11 Å². The molecule has 12 nitrogen and oxygen atoms in total. The van der Waals surface area contributed by atoms with Gasteiger partial charge in [-0.3, -0.25) is 9.59 Å². The zero-order valence-electron chi connectivity index (χ0n) is 28.9. The molecule has 0 bridgehead atoms. The zero-order valence-corrected chi connectivity index (χ0v) is 28.9. The Bertz CT molecular complexity index is 1730. The number of primary amides is 1. The van der Waals surface area contributed by atoms with E-state index in [9.17, 15) is 24.3 Å². The van der Waals surface area contributed by atoms with Gasteiger partial charge in [-0.15, -0.1) is 0 Å². The number of methoxy groups -OCH3 is 1. The molecule has 1 aliphatic heterocycles. The maximum absolute atomic E-state index is 14.8. The van der Waals surface area contributed by atoms with E-state index in [-0.39, 0.29) is 24.3 Å². The summed E-state index contributed by atoms with van der Waals surface area (Å²) in [6, 6.07) is 16.2. The van der Waals surface area contributed by atoms with Crippen molar-refractivity contribution in [3.8, 4) is 5.75 Å². The number of nitrogens with two attached hydrogens (primary N) is 1. The number of aromatic carboxylic acids is 1. The van der Waals surface area contributed by atoms with Gasteiger partial charge in [-0.2, -0.15) is 0 Å². The number of rotatable bonds is 12. The van der Waals surface area contributed by atoms with E-state index in [1.54, 1.807) is 49.9 Å². The van der Waals surface area contributed by atoms with Crippen LogP contribution >= 0.6 is 0 Å². The topological polar surface area (TPSA) is 172 Å². The fourth-order valence-electron chi connectivity index (χ4n) is 5.80. The lowest BCUT2D eigenvalue weighted by atomic mass is 9.93. The molecule has 1 aliphatic rings. The Balaban J connectivity index is 1.75. The second-order valence-corrected chi connectivity index (χ2v) is 13.1. The van der Waals surface area contributed by atoms with Gasteiger partial charge in [0, 0.05) is 24.7 Å². The lowest BCUT2D eigenvalue weighted by molar-refractivity contribution is -0.137. The number of nitrogens with zero attached hydrogens (tertiary/aromatic N) is 1. The lowest BCUT2D eigenvalue weighted by Crippen LogP contribution is -2.58. The molecule has 3 amide bonds. The molecular formula is C37H45N5O7. The largest absolute Gasteiger partial charge is 0.496 e. The molecule has 49 heavy (non-hydrogen) atoms. The average molecular weight is 672 g/mol. The molecule has 0 fully saturated rings. The van der Waals surface area contributed by atoms with Gasteiger partial charge in [0.2, 0.25) is 11.8 Å². The van der Waals surface area contributed by atoms with E-state index in [2.05, 4.69) is 16.0 Å². The number of carboxylic acid groups (broad SMARTS) is 1. The van der Waals surface area contributed by atoms with Gasteiger partial charge in [0.15, 0.2) is 0 Å². The molecule has 0 saturated carbocycles. The third-order valence-corrected chi connectivity index (χ3v) is 8.29. The molecule has 0 aliphatic carbocycles. The van der Waals surface area contributed by atoms with Gasteiger partial charge >= 0.3 is 12.1 Å². The Labute approximate surface area is 286 Å². The van der Waals surface area contributed by atoms with Gasteiger partial charge < -0.3 is 41.2 Å². The van der Waals surface area contributed by atoms with Crippen LogP contribution in [0.25, 0.3) is 5.70 Å². The standard InChI is InChI=1S/C37H45N5O7/c1-21-15-26(32(38)43)16-22(2)27(21)18-29(41-36(47)49-37(4,5)6)34(44)42(20-24-13-14-31(48-7)28(17-24)35(45)46)23(3)33-39-19-30(40-33)25-11-9-8-10-12-25/h8-17,19,23,29,33,39-40H,18,20H2,1-7H3,(H2,38,43)(H,41,47)(H,45,46). The third kappa shape index (κ3) is 9.10. The van der Waals surface area contributed by atoms with Crippen LogP contribution in [0.1, 0.15) is 76.2 Å². The molecule has 3 aromatic carbocycles. The van der Waals surface area contributed by atoms with Gasteiger partial charge in [-0.05, 0) is 93.6 Å². The van der Waals surface area contributed by atoms with Gasteiger partial charge in [-0.1, -0.05) is 36.4 Å². The number of nitrogens with one attached hydrogen (secondary N) is 3. The zero-order chi connectivity index (χ0) is 36.0. The fraction of sp³-hybridized carbons (Fsp3) is 0.351. The summed E-state index contributed by atoms with van der Waals surface area (Å²) in [6.45, 7) is 10.7. The molecule has 3 aromatic rings. The van der Waals surface area contributed by atoms with Gasteiger partial charge in [0.1, 0.15) is 29.1 Å². The van der Waals surface area contributed by atoms with E-state index in [1.165, 1.54) is 13.2 Å². The Morgan fingerprint density at radius 1 is 1.02 bits per heavy atom. The Kier molecular flexibility index (Phi) is 11.2. The number of carbonyl (C=O) groups excluding carboxylic acids is 3. The number of aryl methyl sites for hydroxylation is 2. The van der Waals surface area contributed by atoms with Crippen LogP contribution in [0.3, 0.4) is 0 Å². The molecule has 1 heterocycles. The molecular weight excluding hydrogens is 626 g/mol. The predicted molar refractivity (Wildman–Crippen MR) is 186 cm³/mol. The van der Waals surface area contributed by atoms with Crippen LogP contribution in [0.15, 0.2) is 66.9 Å². The van der Waals surface area contributed by atoms with Crippen molar-refractivity contribution in [3.63, 3.8) is 0 Å². The Morgan fingerprint density at radius 3 is 2.24 bits per heavy atom. The molecule has 0 aromatic heterocycles. The summed E-state index contributed by atoms with van der Waals surface area (Å²) in [7, 11) is 1.39. The molecule has 3 atom stereocenters. The van der Waals surface area contributed by atoms with Gasteiger partial charge in [0.25, 0.3) is 0 Å². The highest BCUT2D eigenvalue weighted by Gasteiger charge is 2.36. The van der Waals surface area contributed by atoms with Crippen molar-refractivity contribution in [2.24, 2.45) is 5.73 Å². The molecule has 6 N–H and O–H groups in total. The van der Waals surface area contributed by atoms with Crippen LogP contribution in [-0.4, -0.2) is 64.8 Å². The quantitative estimate of drug-likeness (QED) is 0.186. The third-order valence-electron chi connectivity index (χ3n) is 8.29. The molecule has 0 saturated heterocycles. The van der Waals surface area contributed by atoms with Crippen LogP contribution in [0.4, 0.5) is 4.79 Å². The van der Waals surface area contributed by atoms with Crippen LogP contribution in [0.2, 0.25) is 0 Å². The average Bonchev–Trinajstić information content (AvgIpc) is 3.54. The summed E-state index contributed by atoms with van der Waals surface area (Å²) in [4.78, 5) is 53.6. The highest BCUT2D eigenvalue weighted by Crippen LogP contribution is 2.25. The molecule has 3 unspecified atom stereocenters. The van der Waals surface area contributed by atoms with Crippen molar-refractivity contribution >= 4 is 29.6 Å². The Hall–Kier alpha value is -5.52. The van der Waals surface area contributed by atoms with E-state index in [4.69, 9.17) is 15.2 Å². The fourth-order valence-corrected chi connectivity index (χ4v) is 5.80. The minimum atomic E-state index is -1.17. The lowest BCUT2D eigenvalue weighted by Gasteiger charge is -2.37.